The molecule has 0 radical (unpaired) electrons. The summed E-state index contributed by atoms with van der Waals surface area (Å²) in [6.07, 6.45) is -0.870. The standard InChI is InChI=1S/C15H17F2N3O2S/c1-9-20-10(8-23-9)5-6-18-15(22)19-7-13(21)14-11(16)3-2-4-12(14)17/h2-4,8,13,21H,5-7H2,1H3,(H2,18,19,22). The van der Waals surface area contributed by atoms with Crippen LogP contribution in [-0.4, -0.2) is 29.2 Å². The average molecular weight is 341 g/mol. The molecule has 0 bridgehead atoms. The van der Waals surface area contributed by atoms with Gasteiger partial charge >= 0.3 is 6.03 Å². The van der Waals surface area contributed by atoms with E-state index < -0.39 is 29.3 Å². The van der Waals surface area contributed by atoms with Crippen molar-refractivity contribution in [2.75, 3.05) is 13.1 Å². The van der Waals surface area contributed by atoms with Crippen LogP contribution >= 0.6 is 11.3 Å². The summed E-state index contributed by atoms with van der Waals surface area (Å²) in [5.74, 6) is -1.70. The van der Waals surface area contributed by atoms with E-state index in [-0.39, 0.29) is 6.54 Å². The molecule has 0 aliphatic heterocycles. The number of nitrogens with zero attached hydrogens (tertiary/aromatic N) is 1. The van der Waals surface area contributed by atoms with Crippen molar-refractivity contribution in [3.63, 3.8) is 0 Å². The highest BCUT2D eigenvalue weighted by molar-refractivity contribution is 7.09. The maximum atomic E-state index is 13.5. The summed E-state index contributed by atoms with van der Waals surface area (Å²) < 4.78 is 27.0. The van der Waals surface area contributed by atoms with E-state index >= 15 is 0 Å². The van der Waals surface area contributed by atoms with E-state index in [0.717, 1.165) is 22.8 Å². The summed E-state index contributed by atoms with van der Waals surface area (Å²) in [6.45, 7) is 1.98. The van der Waals surface area contributed by atoms with Crippen molar-refractivity contribution >= 4 is 17.4 Å². The van der Waals surface area contributed by atoms with E-state index in [1.54, 1.807) is 0 Å². The zero-order chi connectivity index (χ0) is 16.8. The molecule has 1 heterocycles. The number of carbonyl (C=O) groups is 1. The summed E-state index contributed by atoms with van der Waals surface area (Å²) in [6, 6.07) is 2.80. The van der Waals surface area contributed by atoms with Gasteiger partial charge in [0.1, 0.15) is 17.7 Å². The van der Waals surface area contributed by atoms with Gasteiger partial charge in [0.25, 0.3) is 0 Å². The van der Waals surface area contributed by atoms with Gasteiger partial charge in [0, 0.05) is 24.9 Å². The second-order valence-corrected chi connectivity index (χ2v) is 5.96. The van der Waals surface area contributed by atoms with Gasteiger partial charge < -0.3 is 15.7 Å². The molecule has 1 unspecified atom stereocenters. The fourth-order valence-electron chi connectivity index (χ4n) is 2.01. The van der Waals surface area contributed by atoms with Crippen molar-refractivity contribution in [2.45, 2.75) is 19.4 Å². The highest BCUT2D eigenvalue weighted by atomic mass is 32.1. The highest BCUT2D eigenvalue weighted by Crippen LogP contribution is 2.19. The lowest BCUT2D eigenvalue weighted by atomic mass is 10.1. The molecule has 0 fully saturated rings. The van der Waals surface area contributed by atoms with E-state index in [4.69, 9.17) is 0 Å². The predicted molar refractivity (Wildman–Crippen MR) is 83.3 cm³/mol. The van der Waals surface area contributed by atoms with Crippen LogP contribution in [0.4, 0.5) is 13.6 Å². The van der Waals surface area contributed by atoms with E-state index in [0.29, 0.717) is 13.0 Å². The number of urea groups is 1. The molecule has 23 heavy (non-hydrogen) atoms. The number of nitrogens with one attached hydrogen (secondary N) is 2. The van der Waals surface area contributed by atoms with Gasteiger partial charge in [0.05, 0.1) is 16.3 Å². The molecule has 1 atom stereocenters. The number of aromatic nitrogens is 1. The first kappa shape index (κ1) is 17.3. The number of aryl methyl sites for hydroxylation is 1. The monoisotopic (exact) mass is 341 g/mol. The third-order valence-electron chi connectivity index (χ3n) is 3.12. The van der Waals surface area contributed by atoms with E-state index in [1.807, 2.05) is 12.3 Å². The Morgan fingerprint density at radius 1 is 1.35 bits per heavy atom. The Morgan fingerprint density at radius 3 is 2.65 bits per heavy atom. The number of halogens is 2. The number of aliphatic hydroxyl groups is 1. The molecular formula is C15H17F2N3O2S. The van der Waals surface area contributed by atoms with Gasteiger partial charge in [-0.2, -0.15) is 0 Å². The second-order valence-electron chi connectivity index (χ2n) is 4.90. The quantitative estimate of drug-likeness (QED) is 0.755. The molecule has 0 aliphatic rings. The minimum Gasteiger partial charge on any atom is -0.386 e. The van der Waals surface area contributed by atoms with Crippen LogP contribution in [0.1, 0.15) is 22.4 Å². The maximum absolute atomic E-state index is 13.5. The molecule has 8 heteroatoms. The second kappa shape index (κ2) is 7.98. The van der Waals surface area contributed by atoms with Crippen LogP contribution in [0, 0.1) is 18.6 Å². The summed E-state index contributed by atoms with van der Waals surface area (Å²) in [7, 11) is 0. The number of aliphatic hydroxyl groups excluding tert-OH is 1. The van der Waals surface area contributed by atoms with Crippen LogP contribution < -0.4 is 10.6 Å². The van der Waals surface area contributed by atoms with Gasteiger partial charge in [0.15, 0.2) is 0 Å². The lowest BCUT2D eigenvalue weighted by Gasteiger charge is -2.14. The van der Waals surface area contributed by atoms with Crippen molar-refractivity contribution in [1.82, 2.24) is 15.6 Å². The van der Waals surface area contributed by atoms with Crippen LogP contribution in [-0.2, 0) is 6.42 Å². The first-order valence-electron chi connectivity index (χ1n) is 7.02. The number of thiazole rings is 1. The van der Waals surface area contributed by atoms with Crippen LogP contribution in [0.2, 0.25) is 0 Å². The Hall–Kier alpha value is -2.06. The Kier molecular flexibility index (Phi) is 6.00. The van der Waals surface area contributed by atoms with E-state index in [9.17, 15) is 18.7 Å². The number of benzene rings is 1. The number of carbonyl (C=O) groups excluding carboxylic acids is 1. The number of rotatable bonds is 6. The van der Waals surface area contributed by atoms with Crippen molar-refractivity contribution in [2.24, 2.45) is 0 Å². The molecule has 1 aromatic heterocycles. The Labute approximate surface area is 136 Å². The molecule has 2 amide bonds. The molecule has 0 aliphatic carbocycles. The number of hydrogen-bond donors (Lipinski definition) is 3. The Balaban J connectivity index is 1.75. The highest BCUT2D eigenvalue weighted by Gasteiger charge is 2.18. The molecular weight excluding hydrogens is 324 g/mol. The van der Waals surface area contributed by atoms with Gasteiger partial charge in [-0.1, -0.05) is 6.07 Å². The lowest BCUT2D eigenvalue weighted by Crippen LogP contribution is -2.39. The van der Waals surface area contributed by atoms with Gasteiger partial charge in [0.2, 0.25) is 0 Å². The first-order valence-corrected chi connectivity index (χ1v) is 7.90. The maximum Gasteiger partial charge on any atom is 0.314 e. The molecule has 0 saturated carbocycles. The van der Waals surface area contributed by atoms with Crippen molar-refractivity contribution in [3.8, 4) is 0 Å². The van der Waals surface area contributed by atoms with Crippen LogP contribution in [0.3, 0.4) is 0 Å². The molecule has 124 valence electrons. The predicted octanol–water partition coefficient (Wildman–Crippen LogP) is 2.31. The molecule has 2 aromatic rings. The van der Waals surface area contributed by atoms with E-state index in [2.05, 4.69) is 15.6 Å². The Morgan fingerprint density at radius 2 is 2.04 bits per heavy atom. The number of hydrogen-bond acceptors (Lipinski definition) is 4. The lowest BCUT2D eigenvalue weighted by molar-refractivity contribution is 0.164. The fraction of sp³-hybridized carbons (Fsp3) is 0.333. The zero-order valence-electron chi connectivity index (χ0n) is 12.5. The third-order valence-corrected chi connectivity index (χ3v) is 3.94. The van der Waals surface area contributed by atoms with Gasteiger partial charge in [-0.05, 0) is 19.1 Å². The van der Waals surface area contributed by atoms with Gasteiger partial charge in [-0.3, -0.25) is 0 Å². The van der Waals surface area contributed by atoms with Crippen molar-refractivity contribution < 1.29 is 18.7 Å². The summed E-state index contributed by atoms with van der Waals surface area (Å²) in [5.41, 5.74) is 0.437. The molecule has 2 rings (SSSR count). The van der Waals surface area contributed by atoms with Crippen LogP contribution in [0.25, 0.3) is 0 Å². The Bertz CT molecular complexity index is 658. The minimum absolute atomic E-state index is 0.292. The largest absolute Gasteiger partial charge is 0.386 e. The fourth-order valence-corrected chi connectivity index (χ4v) is 2.66. The summed E-state index contributed by atoms with van der Waals surface area (Å²) in [5, 5.41) is 17.6. The van der Waals surface area contributed by atoms with Crippen LogP contribution in [0.15, 0.2) is 23.6 Å². The molecule has 0 spiro atoms. The molecule has 1 aromatic carbocycles. The van der Waals surface area contributed by atoms with Gasteiger partial charge in [-0.25, -0.2) is 18.6 Å². The number of amides is 2. The van der Waals surface area contributed by atoms with E-state index in [1.165, 1.54) is 17.4 Å². The van der Waals surface area contributed by atoms with Crippen LogP contribution in [0.5, 0.6) is 0 Å². The van der Waals surface area contributed by atoms with Gasteiger partial charge in [-0.15, -0.1) is 11.3 Å². The van der Waals surface area contributed by atoms with Crippen molar-refractivity contribution in [1.29, 1.82) is 0 Å². The smallest absolute Gasteiger partial charge is 0.314 e. The normalized spacial score (nSPS) is 12.0. The average Bonchev–Trinajstić information content (AvgIpc) is 2.90. The SMILES string of the molecule is Cc1nc(CCNC(=O)NCC(O)c2c(F)cccc2F)cs1. The zero-order valence-corrected chi connectivity index (χ0v) is 13.3. The molecule has 3 N–H and O–H groups in total. The summed E-state index contributed by atoms with van der Waals surface area (Å²) >= 11 is 1.53. The molecule has 5 nitrogen and oxygen atoms in total. The first-order chi connectivity index (χ1) is 11.0. The molecule has 0 saturated heterocycles. The van der Waals surface area contributed by atoms with Crippen molar-refractivity contribution in [3.05, 3.63) is 51.5 Å². The topological polar surface area (TPSA) is 74.2 Å². The minimum atomic E-state index is -1.46. The third kappa shape index (κ3) is 4.97. The summed E-state index contributed by atoms with van der Waals surface area (Å²) in [4.78, 5) is 15.9.